The Morgan fingerprint density at radius 1 is 1.09 bits per heavy atom. The number of nitro groups is 1. The number of carbonyl (C=O) groups is 2. The number of anilines is 1. The van der Waals surface area contributed by atoms with Crippen molar-refractivity contribution < 1.29 is 19.2 Å². The standard InChI is InChI=1S/C24H20N4O5S/c1-14-11-16(15(2)26(14)20-10-9-18(33-3)13-21(20)28(31)32)12-19-22(29)25-24(34)27(23(19)30)17-7-5-4-6-8-17/h4-13H,1-3H3,(H,25,29,34). The zero-order chi connectivity index (χ0) is 24.6. The van der Waals surface area contributed by atoms with Crippen LogP contribution < -0.4 is 15.0 Å². The lowest BCUT2D eigenvalue weighted by atomic mass is 10.1. The number of ether oxygens (including phenoxy) is 1. The molecular formula is C24H20N4O5S. The Morgan fingerprint density at radius 2 is 1.79 bits per heavy atom. The Morgan fingerprint density at radius 3 is 2.44 bits per heavy atom. The number of nitrogens with one attached hydrogen (secondary N) is 1. The average molecular weight is 477 g/mol. The van der Waals surface area contributed by atoms with Crippen LogP contribution in [-0.4, -0.2) is 33.5 Å². The largest absolute Gasteiger partial charge is 0.496 e. The smallest absolute Gasteiger partial charge is 0.296 e. The summed E-state index contributed by atoms with van der Waals surface area (Å²) in [6.07, 6.45) is 1.48. The Hall–Kier alpha value is -4.31. The number of thiocarbonyl (C=S) groups is 1. The van der Waals surface area contributed by atoms with Crippen molar-refractivity contribution in [2.24, 2.45) is 0 Å². The number of aromatic nitrogens is 1. The third-order valence-corrected chi connectivity index (χ3v) is 5.79. The Kier molecular flexibility index (Phi) is 5.99. The van der Waals surface area contributed by atoms with Gasteiger partial charge in [0, 0.05) is 11.4 Å². The molecule has 2 aromatic carbocycles. The topological polar surface area (TPSA) is 107 Å². The van der Waals surface area contributed by atoms with Crippen molar-refractivity contribution in [1.82, 2.24) is 9.88 Å². The number of amides is 2. The van der Waals surface area contributed by atoms with Gasteiger partial charge < -0.3 is 9.30 Å². The van der Waals surface area contributed by atoms with Crippen LogP contribution in [0.4, 0.5) is 11.4 Å². The number of hydrogen-bond acceptors (Lipinski definition) is 6. The van der Waals surface area contributed by atoms with E-state index in [0.717, 1.165) is 0 Å². The second-order valence-electron chi connectivity index (χ2n) is 7.57. The van der Waals surface area contributed by atoms with Gasteiger partial charge in [0.05, 0.1) is 23.8 Å². The summed E-state index contributed by atoms with van der Waals surface area (Å²) < 4.78 is 6.82. The van der Waals surface area contributed by atoms with E-state index >= 15 is 0 Å². The fourth-order valence-electron chi connectivity index (χ4n) is 3.89. The van der Waals surface area contributed by atoms with Gasteiger partial charge in [-0.3, -0.25) is 29.9 Å². The summed E-state index contributed by atoms with van der Waals surface area (Å²) in [5.41, 5.74) is 2.53. The monoisotopic (exact) mass is 476 g/mol. The lowest BCUT2D eigenvalue weighted by Crippen LogP contribution is -2.54. The van der Waals surface area contributed by atoms with Crippen LogP contribution in [0.25, 0.3) is 11.8 Å². The third kappa shape index (κ3) is 3.95. The van der Waals surface area contributed by atoms with Gasteiger partial charge in [0.2, 0.25) is 0 Å². The number of nitro benzene ring substituents is 1. The van der Waals surface area contributed by atoms with Crippen molar-refractivity contribution in [2.75, 3.05) is 12.0 Å². The molecule has 9 nitrogen and oxygen atoms in total. The molecule has 34 heavy (non-hydrogen) atoms. The molecule has 2 heterocycles. The summed E-state index contributed by atoms with van der Waals surface area (Å²) in [4.78, 5) is 38.4. The number of nitrogens with zero attached hydrogens (tertiary/aromatic N) is 3. The van der Waals surface area contributed by atoms with Gasteiger partial charge in [-0.2, -0.15) is 0 Å². The Labute approximate surface area is 200 Å². The highest BCUT2D eigenvalue weighted by molar-refractivity contribution is 7.80. The molecule has 0 aliphatic carbocycles. The SMILES string of the molecule is COc1ccc(-n2c(C)cc(C=C3C(=O)NC(=S)N(c4ccccc4)C3=O)c2C)c([N+](=O)[O-])c1. The molecule has 0 spiro atoms. The van der Waals surface area contributed by atoms with Crippen molar-refractivity contribution in [1.29, 1.82) is 0 Å². The van der Waals surface area contributed by atoms with Crippen molar-refractivity contribution in [3.05, 3.63) is 87.2 Å². The highest BCUT2D eigenvalue weighted by Gasteiger charge is 2.34. The van der Waals surface area contributed by atoms with Gasteiger partial charge >= 0.3 is 0 Å². The molecule has 1 saturated heterocycles. The second kappa shape index (κ2) is 8.91. The van der Waals surface area contributed by atoms with E-state index in [-0.39, 0.29) is 16.4 Å². The lowest BCUT2D eigenvalue weighted by Gasteiger charge is -2.28. The minimum absolute atomic E-state index is 0.00215. The molecule has 0 atom stereocenters. The zero-order valence-corrected chi connectivity index (χ0v) is 19.4. The molecule has 4 rings (SSSR count). The average Bonchev–Trinajstić information content (AvgIpc) is 3.09. The van der Waals surface area contributed by atoms with E-state index in [4.69, 9.17) is 17.0 Å². The third-order valence-electron chi connectivity index (χ3n) is 5.51. The Balaban J connectivity index is 1.80. The van der Waals surface area contributed by atoms with Crippen LogP contribution in [0.15, 0.2) is 60.2 Å². The zero-order valence-electron chi connectivity index (χ0n) is 18.6. The van der Waals surface area contributed by atoms with Gasteiger partial charge in [-0.15, -0.1) is 0 Å². The summed E-state index contributed by atoms with van der Waals surface area (Å²) >= 11 is 5.22. The summed E-state index contributed by atoms with van der Waals surface area (Å²) in [6.45, 7) is 3.55. The molecule has 1 N–H and O–H groups in total. The van der Waals surface area contributed by atoms with Crippen LogP contribution in [0.2, 0.25) is 0 Å². The van der Waals surface area contributed by atoms with Crippen LogP contribution in [0.5, 0.6) is 5.75 Å². The van der Waals surface area contributed by atoms with Crippen LogP contribution >= 0.6 is 12.2 Å². The number of rotatable bonds is 5. The van der Waals surface area contributed by atoms with Crippen molar-refractivity contribution >= 4 is 46.6 Å². The van der Waals surface area contributed by atoms with E-state index in [1.165, 1.54) is 24.2 Å². The van der Waals surface area contributed by atoms with E-state index in [2.05, 4.69) is 5.32 Å². The number of methoxy groups -OCH3 is 1. The van der Waals surface area contributed by atoms with E-state index in [1.807, 2.05) is 6.07 Å². The highest BCUT2D eigenvalue weighted by atomic mass is 32.1. The predicted molar refractivity (Wildman–Crippen MR) is 131 cm³/mol. The molecule has 1 aliphatic rings. The van der Waals surface area contributed by atoms with Gasteiger partial charge in [0.1, 0.15) is 17.0 Å². The second-order valence-corrected chi connectivity index (χ2v) is 7.95. The highest BCUT2D eigenvalue weighted by Crippen LogP contribution is 2.32. The summed E-state index contributed by atoms with van der Waals surface area (Å²) in [5.74, 6) is -0.802. The molecule has 0 saturated carbocycles. The maximum atomic E-state index is 13.2. The molecule has 1 fully saturated rings. The molecule has 0 radical (unpaired) electrons. The van der Waals surface area contributed by atoms with E-state index < -0.39 is 16.7 Å². The van der Waals surface area contributed by atoms with Crippen LogP contribution in [-0.2, 0) is 9.59 Å². The molecular weight excluding hydrogens is 456 g/mol. The molecule has 172 valence electrons. The molecule has 1 aromatic heterocycles. The summed E-state index contributed by atoms with van der Waals surface area (Å²) in [6, 6.07) is 15.1. The quantitative estimate of drug-likeness (QED) is 0.197. The van der Waals surface area contributed by atoms with Gasteiger partial charge in [0.15, 0.2) is 5.11 Å². The molecule has 2 amide bonds. The number of hydrogen-bond donors (Lipinski definition) is 1. The first-order valence-electron chi connectivity index (χ1n) is 10.2. The van der Waals surface area contributed by atoms with Crippen molar-refractivity contribution in [3.8, 4) is 11.4 Å². The van der Waals surface area contributed by atoms with Crippen LogP contribution in [0.3, 0.4) is 0 Å². The normalized spacial score (nSPS) is 15.0. The maximum Gasteiger partial charge on any atom is 0.296 e. The fraction of sp³-hybridized carbons (Fsp3) is 0.125. The van der Waals surface area contributed by atoms with Crippen molar-refractivity contribution in [2.45, 2.75) is 13.8 Å². The molecule has 10 heteroatoms. The van der Waals surface area contributed by atoms with Crippen LogP contribution in [0.1, 0.15) is 17.0 Å². The first-order valence-corrected chi connectivity index (χ1v) is 10.6. The van der Waals surface area contributed by atoms with Gasteiger partial charge in [-0.25, -0.2) is 0 Å². The lowest BCUT2D eigenvalue weighted by molar-refractivity contribution is -0.384. The number of aryl methyl sites for hydroxylation is 1. The minimum atomic E-state index is -0.609. The first kappa shape index (κ1) is 22.9. The molecule has 1 aliphatic heterocycles. The summed E-state index contributed by atoms with van der Waals surface area (Å²) in [5, 5.41) is 14.3. The Bertz CT molecular complexity index is 1380. The predicted octanol–water partition coefficient (Wildman–Crippen LogP) is 3.84. The van der Waals surface area contributed by atoms with Gasteiger partial charge in [0.25, 0.3) is 17.5 Å². The van der Waals surface area contributed by atoms with Crippen LogP contribution in [0, 0.1) is 24.0 Å². The van der Waals surface area contributed by atoms with Gasteiger partial charge in [-0.05, 0) is 68.0 Å². The number of benzene rings is 2. The minimum Gasteiger partial charge on any atom is -0.496 e. The van der Waals surface area contributed by atoms with E-state index in [9.17, 15) is 19.7 Å². The van der Waals surface area contributed by atoms with E-state index in [1.54, 1.807) is 60.9 Å². The molecule has 3 aromatic rings. The summed E-state index contributed by atoms with van der Waals surface area (Å²) in [7, 11) is 1.44. The molecule has 0 bridgehead atoms. The van der Waals surface area contributed by atoms with E-state index in [0.29, 0.717) is 34.1 Å². The fourth-order valence-corrected chi connectivity index (χ4v) is 4.18. The van der Waals surface area contributed by atoms with Crippen molar-refractivity contribution in [3.63, 3.8) is 0 Å². The first-order chi connectivity index (χ1) is 16.2. The number of carbonyl (C=O) groups excluding carboxylic acids is 2. The maximum absolute atomic E-state index is 13.2. The van der Waals surface area contributed by atoms with Gasteiger partial charge in [-0.1, -0.05) is 18.2 Å². The molecule has 0 unspecified atom stereocenters. The number of para-hydroxylation sites is 1.